The number of urea groups is 1. The van der Waals surface area contributed by atoms with E-state index in [1.807, 2.05) is 36.4 Å². The van der Waals surface area contributed by atoms with Crippen LogP contribution in [0.3, 0.4) is 0 Å². The monoisotopic (exact) mass is 657 g/mol. The number of piperazine rings is 1. The minimum Gasteiger partial charge on any atom is -0.369 e. The molecule has 3 amide bonds. The third-order valence-corrected chi connectivity index (χ3v) is 9.64. The molecule has 0 atom stereocenters. The number of imide groups is 1. The highest BCUT2D eigenvalue weighted by Gasteiger charge is 2.28. The van der Waals surface area contributed by atoms with Crippen LogP contribution in [-0.4, -0.2) is 74.1 Å². The molecule has 49 heavy (non-hydrogen) atoms. The molecule has 0 radical (unpaired) electrons. The first-order valence-corrected chi connectivity index (χ1v) is 17.0. The number of hydrogen-bond acceptors (Lipinski definition) is 10. The lowest BCUT2D eigenvalue weighted by Crippen LogP contribution is -2.50. The molecule has 0 unspecified atom stereocenters. The Morgan fingerprint density at radius 3 is 2.37 bits per heavy atom. The molecule has 0 spiro atoms. The predicted octanol–water partition coefficient (Wildman–Crippen LogP) is 5.59. The highest BCUT2D eigenvalue weighted by molar-refractivity contribution is 6.05. The zero-order chi connectivity index (χ0) is 33.2. The van der Waals surface area contributed by atoms with Crippen molar-refractivity contribution in [3.05, 3.63) is 84.8 Å². The maximum Gasteiger partial charge on any atom is 0.328 e. The Morgan fingerprint density at radius 2 is 1.59 bits per heavy atom. The van der Waals surface area contributed by atoms with Gasteiger partial charge in [-0.1, -0.05) is 31.0 Å². The van der Waals surface area contributed by atoms with Gasteiger partial charge in [0.25, 0.3) is 0 Å². The molecule has 1 saturated carbocycles. The van der Waals surface area contributed by atoms with E-state index in [1.54, 1.807) is 23.5 Å². The van der Waals surface area contributed by atoms with E-state index in [-0.39, 0.29) is 18.4 Å². The zero-order valence-corrected chi connectivity index (χ0v) is 27.3. The summed E-state index contributed by atoms with van der Waals surface area (Å²) in [6.45, 7) is 4.61. The van der Waals surface area contributed by atoms with Gasteiger partial charge in [0.15, 0.2) is 5.65 Å². The topological polar surface area (TPSA) is 136 Å². The Balaban J connectivity index is 0.916. The number of aromatic nitrogens is 5. The van der Waals surface area contributed by atoms with Crippen molar-refractivity contribution in [2.45, 2.75) is 44.7 Å². The highest BCUT2D eigenvalue weighted by atomic mass is 16.2. The van der Waals surface area contributed by atoms with Gasteiger partial charge in [0.05, 0.1) is 18.1 Å². The highest BCUT2D eigenvalue weighted by Crippen LogP contribution is 2.36. The van der Waals surface area contributed by atoms with Crippen molar-refractivity contribution in [2.75, 3.05) is 53.2 Å². The zero-order valence-electron chi connectivity index (χ0n) is 27.3. The molecule has 3 aliphatic rings. The van der Waals surface area contributed by atoms with Gasteiger partial charge < -0.3 is 15.5 Å². The van der Waals surface area contributed by atoms with Crippen LogP contribution in [0, 0.1) is 0 Å². The summed E-state index contributed by atoms with van der Waals surface area (Å²) in [5.41, 5.74) is 6.48. The maximum absolute atomic E-state index is 12.5. The van der Waals surface area contributed by atoms with Gasteiger partial charge >= 0.3 is 6.03 Å². The molecule has 8 rings (SSSR count). The molecule has 0 bridgehead atoms. The van der Waals surface area contributed by atoms with Gasteiger partial charge in [-0.25, -0.2) is 14.8 Å². The lowest BCUT2D eigenvalue weighted by atomic mass is 10.1. The first-order chi connectivity index (χ1) is 24.1. The lowest BCUT2D eigenvalue weighted by molar-refractivity contribution is -0.120. The third kappa shape index (κ3) is 6.61. The van der Waals surface area contributed by atoms with Gasteiger partial charge in [-0.05, 0) is 60.9 Å². The number of carbonyl (C=O) groups excluding carboxylic acids is 2. The van der Waals surface area contributed by atoms with Crippen LogP contribution in [0.5, 0.6) is 0 Å². The van der Waals surface area contributed by atoms with E-state index < -0.39 is 0 Å². The van der Waals surface area contributed by atoms with E-state index >= 15 is 0 Å². The molecule has 1 aliphatic carbocycles. The van der Waals surface area contributed by atoms with E-state index in [0.717, 1.165) is 84.4 Å². The number of nitrogens with zero attached hydrogens (tertiary/aromatic N) is 8. The molecule has 13 heteroatoms. The summed E-state index contributed by atoms with van der Waals surface area (Å²) in [7, 11) is 0. The number of hydrogen-bond donors (Lipinski definition) is 3. The Kier molecular flexibility index (Phi) is 8.48. The molecule has 250 valence electrons. The van der Waals surface area contributed by atoms with Crippen LogP contribution in [0.15, 0.2) is 79.3 Å². The Hall–Kier alpha value is -5.56. The molecule has 2 saturated heterocycles. The van der Waals surface area contributed by atoms with Crippen LogP contribution in [0.1, 0.15) is 43.7 Å². The summed E-state index contributed by atoms with van der Waals surface area (Å²) < 4.78 is 2.26. The molecule has 2 aliphatic heterocycles. The van der Waals surface area contributed by atoms with Crippen LogP contribution >= 0.6 is 0 Å². The van der Waals surface area contributed by atoms with Gasteiger partial charge in [0.1, 0.15) is 5.52 Å². The SMILES string of the molecule is O=C1CCN(c2cnccc2CN2CCN(c3ccc(Nc4ncc5nc(Nc6ccccc6)n(C6CCCC6)c5n4)cc3)CC2)C(=O)N1. The number of rotatable bonds is 9. The van der Waals surface area contributed by atoms with Crippen LogP contribution in [0.25, 0.3) is 11.2 Å². The first-order valence-electron chi connectivity index (χ1n) is 17.0. The van der Waals surface area contributed by atoms with Crippen LogP contribution in [-0.2, 0) is 11.3 Å². The quantitative estimate of drug-likeness (QED) is 0.184. The number of carbonyl (C=O) groups is 2. The molecule has 3 N–H and O–H groups in total. The van der Waals surface area contributed by atoms with E-state index in [4.69, 9.17) is 9.97 Å². The molecule has 3 fully saturated rings. The minimum atomic E-state index is -0.388. The largest absolute Gasteiger partial charge is 0.369 e. The summed E-state index contributed by atoms with van der Waals surface area (Å²) in [6.07, 6.45) is 10.2. The number of imidazole rings is 1. The van der Waals surface area contributed by atoms with E-state index in [0.29, 0.717) is 25.1 Å². The Labute approximate surface area is 284 Å². The van der Waals surface area contributed by atoms with Crippen molar-refractivity contribution < 1.29 is 9.59 Å². The maximum atomic E-state index is 12.5. The van der Waals surface area contributed by atoms with Gasteiger partial charge in [-0.2, -0.15) is 4.98 Å². The van der Waals surface area contributed by atoms with E-state index in [9.17, 15) is 9.59 Å². The second-order valence-electron chi connectivity index (χ2n) is 12.8. The van der Waals surface area contributed by atoms with Gasteiger partial charge in [-0.3, -0.25) is 29.5 Å². The van der Waals surface area contributed by atoms with Gasteiger partial charge in [-0.15, -0.1) is 0 Å². The smallest absolute Gasteiger partial charge is 0.328 e. The number of benzene rings is 2. The fraction of sp³-hybridized carbons (Fsp3) is 0.333. The van der Waals surface area contributed by atoms with Crippen molar-refractivity contribution in [2.24, 2.45) is 0 Å². The molecule has 3 aromatic heterocycles. The van der Waals surface area contributed by atoms with Crippen molar-refractivity contribution in [3.8, 4) is 0 Å². The summed E-state index contributed by atoms with van der Waals surface area (Å²) in [5, 5.41) is 9.32. The number of pyridine rings is 1. The second kappa shape index (κ2) is 13.5. The molecule has 5 heterocycles. The second-order valence-corrected chi connectivity index (χ2v) is 12.8. The number of anilines is 6. The number of nitrogens with one attached hydrogen (secondary N) is 3. The minimum absolute atomic E-state index is 0.241. The summed E-state index contributed by atoms with van der Waals surface area (Å²) in [5.74, 6) is 1.11. The summed E-state index contributed by atoms with van der Waals surface area (Å²) >= 11 is 0. The summed E-state index contributed by atoms with van der Waals surface area (Å²) in [6, 6.07) is 20.5. The van der Waals surface area contributed by atoms with Gasteiger partial charge in [0.2, 0.25) is 17.8 Å². The Bertz CT molecular complexity index is 1950. The standard InChI is InChI=1S/C36H39N11O2/c48-32-15-17-46(36(49)42-32)31-23-37-16-14-25(31)24-44-18-20-45(21-19-44)28-12-10-27(11-13-28)39-34-38-22-30-33(43-34)47(29-8-4-5-9-29)35(41-30)40-26-6-2-1-3-7-26/h1-3,6-7,10-14,16,22-23,29H,4-5,8-9,15,17-21,24H2,(H,40,41)(H,38,39,43)(H,42,48,49). The van der Waals surface area contributed by atoms with Crippen LogP contribution in [0.4, 0.5) is 39.4 Å². The number of fused-ring (bicyclic) bond motifs is 1. The Morgan fingerprint density at radius 1 is 0.816 bits per heavy atom. The van der Waals surface area contributed by atoms with E-state index in [1.165, 1.54) is 12.8 Å². The average Bonchev–Trinajstić information content (AvgIpc) is 3.78. The van der Waals surface area contributed by atoms with Crippen molar-refractivity contribution >= 4 is 57.7 Å². The van der Waals surface area contributed by atoms with Crippen molar-refractivity contribution in [1.82, 2.24) is 34.7 Å². The fourth-order valence-electron chi connectivity index (χ4n) is 7.07. The lowest BCUT2D eigenvalue weighted by Gasteiger charge is -2.37. The van der Waals surface area contributed by atoms with Crippen LogP contribution in [0.2, 0.25) is 0 Å². The molecular weight excluding hydrogens is 618 g/mol. The number of para-hydroxylation sites is 1. The summed E-state index contributed by atoms with van der Waals surface area (Å²) in [4.78, 5) is 49.2. The van der Waals surface area contributed by atoms with Gasteiger partial charge in [0, 0.05) is 75.0 Å². The van der Waals surface area contributed by atoms with E-state index in [2.05, 4.69) is 64.6 Å². The molecule has 2 aromatic carbocycles. The van der Waals surface area contributed by atoms with Crippen molar-refractivity contribution in [1.29, 1.82) is 0 Å². The normalized spacial score (nSPS) is 17.5. The van der Waals surface area contributed by atoms with Crippen molar-refractivity contribution in [3.63, 3.8) is 0 Å². The third-order valence-electron chi connectivity index (χ3n) is 9.64. The molecule has 13 nitrogen and oxygen atoms in total. The number of amides is 3. The molecule has 5 aromatic rings. The average molecular weight is 658 g/mol. The molecular formula is C36H39N11O2. The van der Waals surface area contributed by atoms with Crippen LogP contribution < -0.4 is 25.8 Å². The fourth-order valence-corrected chi connectivity index (χ4v) is 7.07. The predicted molar refractivity (Wildman–Crippen MR) is 190 cm³/mol. The first kappa shape index (κ1) is 30.8.